The van der Waals surface area contributed by atoms with Crippen molar-refractivity contribution in [2.45, 2.75) is 19.8 Å². The van der Waals surface area contributed by atoms with E-state index >= 15 is 0 Å². The fraction of sp³-hybridized carbons (Fsp3) is 0.267. The molecule has 1 aliphatic carbocycles. The first-order valence-electron chi connectivity index (χ1n) is 7.14. The molecule has 0 saturated heterocycles. The van der Waals surface area contributed by atoms with Crippen LogP contribution in [0.5, 0.6) is 0 Å². The molecule has 2 rings (SSSR count). The Morgan fingerprint density at radius 2 is 2.04 bits per heavy atom. The lowest BCUT2D eigenvalue weighted by Gasteiger charge is -2.17. The van der Waals surface area contributed by atoms with Gasteiger partial charge in [0.2, 0.25) is 0 Å². The van der Waals surface area contributed by atoms with E-state index < -0.39 is 15.5 Å². The second-order valence-corrected chi connectivity index (χ2v) is 5.94. The summed E-state index contributed by atoms with van der Waals surface area (Å²) in [5.74, 6) is 0.450. The van der Waals surface area contributed by atoms with E-state index in [1.54, 1.807) is 6.08 Å². The maximum atomic E-state index is 11.0. The molecule has 1 N–H and O–H groups in total. The summed E-state index contributed by atoms with van der Waals surface area (Å²) in [6.07, 6.45) is 6.84. The number of anilines is 1. The monoisotopic (exact) mass is 350 g/mol. The van der Waals surface area contributed by atoms with Crippen LogP contribution in [0.3, 0.4) is 0 Å². The number of benzene rings is 1. The van der Waals surface area contributed by atoms with Gasteiger partial charge in [-0.25, -0.2) is 0 Å². The van der Waals surface area contributed by atoms with Gasteiger partial charge in [-0.1, -0.05) is 18.5 Å². The van der Waals surface area contributed by atoms with Crippen molar-refractivity contribution < 1.29 is 9.85 Å². The van der Waals surface area contributed by atoms with E-state index in [0.717, 1.165) is 29.5 Å². The van der Waals surface area contributed by atoms with Crippen LogP contribution < -0.4 is 5.43 Å². The number of halogens is 1. The third kappa shape index (κ3) is 4.63. The van der Waals surface area contributed by atoms with E-state index in [2.05, 4.69) is 17.5 Å². The quantitative estimate of drug-likeness (QED) is 0.481. The summed E-state index contributed by atoms with van der Waals surface area (Å²) < 4.78 is 0. The maximum absolute atomic E-state index is 11.0. The SMILES string of the molecule is CC1CC(Cl)=C/C(=C/C=N/Nc2ccc([N+](=O)[O-])cc2[N+](=O)[O-])C1. The first-order chi connectivity index (χ1) is 11.4. The molecule has 1 atom stereocenters. The number of nitro benzene ring substituents is 2. The zero-order valence-corrected chi connectivity index (χ0v) is 13.6. The minimum Gasteiger partial charge on any atom is -0.272 e. The molecule has 0 aromatic heterocycles. The Morgan fingerprint density at radius 3 is 2.67 bits per heavy atom. The van der Waals surface area contributed by atoms with E-state index in [4.69, 9.17) is 11.6 Å². The van der Waals surface area contributed by atoms with Crippen molar-refractivity contribution in [2.24, 2.45) is 11.0 Å². The van der Waals surface area contributed by atoms with Crippen molar-refractivity contribution in [2.75, 3.05) is 5.43 Å². The van der Waals surface area contributed by atoms with Crippen molar-refractivity contribution in [1.29, 1.82) is 0 Å². The Bertz CT molecular complexity index is 758. The van der Waals surface area contributed by atoms with Crippen LogP contribution in [-0.4, -0.2) is 16.1 Å². The average molecular weight is 351 g/mol. The first-order valence-corrected chi connectivity index (χ1v) is 7.51. The zero-order valence-electron chi connectivity index (χ0n) is 12.8. The number of rotatable bonds is 5. The molecule has 1 aromatic rings. The molecule has 126 valence electrons. The van der Waals surface area contributed by atoms with Crippen LogP contribution in [0.1, 0.15) is 19.8 Å². The van der Waals surface area contributed by atoms with Crippen molar-refractivity contribution in [3.05, 3.63) is 61.2 Å². The highest BCUT2D eigenvalue weighted by Crippen LogP contribution is 2.30. The van der Waals surface area contributed by atoms with Crippen LogP contribution in [0.15, 0.2) is 46.1 Å². The number of nitrogens with one attached hydrogen (secondary N) is 1. The Balaban J connectivity index is 2.13. The first kappa shape index (κ1) is 17.6. The van der Waals surface area contributed by atoms with Gasteiger partial charge >= 0.3 is 5.69 Å². The molecule has 0 aliphatic heterocycles. The van der Waals surface area contributed by atoms with Crippen molar-refractivity contribution in [3.63, 3.8) is 0 Å². The average Bonchev–Trinajstić information content (AvgIpc) is 2.50. The Kier molecular flexibility index (Phi) is 5.64. The van der Waals surface area contributed by atoms with Gasteiger partial charge < -0.3 is 0 Å². The molecule has 1 aromatic carbocycles. The Morgan fingerprint density at radius 1 is 1.29 bits per heavy atom. The van der Waals surface area contributed by atoms with Crippen molar-refractivity contribution in [1.82, 2.24) is 0 Å². The predicted octanol–water partition coefficient (Wildman–Crippen LogP) is 4.38. The van der Waals surface area contributed by atoms with Crippen LogP contribution >= 0.6 is 11.6 Å². The normalized spacial score (nSPS) is 19.3. The molecule has 0 bridgehead atoms. The molecule has 9 heteroatoms. The number of hydrogen-bond acceptors (Lipinski definition) is 6. The summed E-state index contributed by atoms with van der Waals surface area (Å²) in [6.45, 7) is 2.10. The number of nitrogens with zero attached hydrogens (tertiary/aromatic N) is 3. The summed E-state index contributed by atoms with van der Waals surface area (Å²) in [5, 5.41) is 26.4. The zero-order chi connectivity index (χ0) is 17.7. The predicted molar refractivity (Wildman–Crippen MR) is 92.3 cm³/mol. The van der Waals surface area contributed by atoms with Gasteiger partial charge in [0, 0.05) is 17.3 Å². The van der Waals surface area contributed by atoms with E-state index in [9.17, 15) is 20.2 Å². The van der Waals surface area contributed by atoms with Crippen molar-refractivity contribution in [3.8, 4) is 0 Å². The Labute approximate surface area is 142 Å². The highest BCUT2D eigenvalue weighted by molar-refractivity contribution is 6.29. The molecule has 0 amide bonds. The molecule has 1 unspecified atom stereocenters. The summed E-state index contributed by atoms with van der Waals surface area (Å²) >= 11 is 6.04. The van der Waals surface area contributed by atoms with E-state index in [-0.39, 0.29) is 11.4 Å². The molecule has 0 fully saturated rings. The standard InChI is InChI=1S/C15H15ClN4O4/c1-10-6-11(8-12(16)7-10)4-5-17-18-14-3-2-13(19(21)22)9-15(14)20(23)24/h2-5,8-10,18H,6-7H2,1H3/b11-4+,17-5+. The number of non-ortho nitro benzene ring substituents is 1. The summed E-state index contributed by atoms with van der Waals surface area (Å²) in [6, 6.07) is 3.32. The van der Waals surface area contributed by atoms with Gasteiger partial charge in [-0.05, 0) is 42.6 Å². The van der Waals surface area contributed by atoms with Gasteiger partial charge in [0.15, 0.2) is 0 Å². The second-order valence-electron chi connectivity index (χ2n) is 5.45. The lowest BCUT2D eigenvalue weighted by atomic mass is 9.92. The summed E-state index contributed by atoms with van der Waals surface area (Å²) in [5.41, 5.74) is 2.85. The van der Waals surface area contributed by atoms with Crippen LogP contribution in [0, 0.1) is 26.1 Å². The summed E-state index contributed by atoms with van der Waals surface area (Å²) in [7, 11) is 0. The number of hydrogen-bond donors (Lipinski definition) is 1. The lowest BCUT2D eigenvalue weighted by Crippen LogP contribution is -2.02. The van der Waals surface area contributed by atoms with E-state index in [0.29, 0.717) is 5.92 Å². The molecule has 0 spiro atoms. The van der Waals surface area contributed by atoms with Gasteiger partial charge in [-0.15, -0.1) is 0 Å². The maximum Gasteiger partial charge on any atom is 0.301 e. The van der Waals surface area contributed by atoms with Gasteiger partial charge in [0.05, 0.1) is 15.9 Å². The third-order valence-corrected chi connectivity index (χ3v) is 3.67. The van der Waals surface area contributed by atoms with Crippen LogP contribution in [0.4, 0.5) is 17.1 Å². The largest absolute Gasteiger partial charge is 0.301 e. The second kappa shape index (κ2) is 7.69. The topological polar surface area (TPSA) is 111 Å². The molecule has 0 saturated carbocycles. The fourth-order valence-corrected chi connectivity index (χ4v) is 2.77. The van der Waals surface area contributed by atoms with Crippen LogP contribution in [-0.2, 0) is 0 Å². The molecule has 24 heavy (non-hydrogen) atoms. The minimum absolute atomic E-state index is 0.0748. The number of nitro groups is 2. The Hall–Kier alpha value is -2.74. The van der Waals surface area contributed by atoms with Crippen LogP contribution in [0.2, 0.25) is 0 Å². The molecule has 0 radical (unpaired) electrons. The molecular weight excluding hydrogens is 336 g/mol. The van der Waals surface area contributed by atoms with Gasteiger partial charge in [0.25, 0.3) is 5.69 Å². The molecule has 1 aliphatic rings. The van der Waals surface area contributed by atoms with E-state index in [1.807, 2.05) is 6.08 Å². The highest BCUT2D eigenvalue weighted by atomic mass is 35.5. The van der Waals surface area contributed by atoms with Crippen LogP contribution in [0.25, 0.3) is 0 Å². The fourth-order valence-electron chi connectivity index (χ4n) is 2.36. The third-order valence-electron chi connectivity index (χ3n) is 3.41. The van der Waals surface area contributed by atoms with Gasteiger partial charge in [0.1, 0.15) is 5.69 Å². The lowest BCUT2D eigenvalue weighted by molar-refractivity contribution is -0.393. The minimum atomic E-state index is -0.700. The van der Waals surface area contributed by atoms with E-state index in [1.165, 1.54) is 18.3 Å². The molecular formula is C15H15ClN4O4. The van der Waals surface area contributed by atoms with Gasteiger partial charge in [-0.2, -0.15) is 5.10 Å². The number of allylic oxidation sites excluding steroid dienone is 4. The summed E-state index contributed by atoms with van der Waals surface area (Å²) in [4.78, 5) is 20.3. The van der Waals surface area contributed by atoms with Gasteiger partial charge in [-0.3, -0.25) is 25.7 Å². The smallest absolute Gasteiger partial charge is 0.272 e. The molecule has 0 heterocycles. The van der Waals surface area contributed by atoms with Crippen molar-refractivity contribution >= 4 is 34.9 Å². The molecule has 8 nitrogen and oxygen atoms in total. The highest BCUT2D eigenvalue weighted by Gasteiger charge is 2.19. The number of hydrazone groups is 1.